The van der Waals surface area contributed by atoms with E-state index >= 15 is 0 Å². The van der Waals surface area contributed by atoms with Crippen LogP contribution in [-0.4, -0.2) is 6.04 Å². The van der Waals surface area contributed by atoms with Gasteiger partial charge in [0.15, 0.2) is 0 Å². The molecule has 0 heterocycles. The summed E-state index contributed by atoms with van der Waals surface area (Å²) in [5, 5.41) is 3.39. The Morgan fingerprint density at radius 3 is 2.71 bits per heavy atom. The lowest BCUT2D eigenvalue weighted by atomic mass is 10.1. The second-order valence-electron chi connectivity index (χ2n) is 4.52. The third-order valence-electron chi connectivity index (χ3n) is 2.82. The maximum atomic E-state index is 13.0. The quantitative estimate of drug-likeness (QED) is 0.669. The number of unbranched alkanes of at least 4 members (excludes halogenated alkanes) is 3. The molecule has 0 bridgehead atoms. The molecule has 0 saturated heterocycles. The highest BCUT2D eigenvalue weighted by Crippen LogP contribution is 2.21. The van der Waals surface area contributed by atoms with E-state index < -0.39 is 0 Å². The van der Waals surface area contributed by atoms with Crippen LogP contribution in [0, 0.1) is 5.82 Å². The Balaban J connectivity index is 2.34. The van der Waals surface area contributed by atoms with Gasteiger partial charge in [-0.25, -0.2) is 4.39 Å². The van der Waals surface area contributed by atoms with Gasteiger partial charge >= 0.3 is 0 Å². The fraction of sp³-hybridized carbons (Fsp3) is 0.571. The summed E-state index contributed by atoms with van der Waals surface area (Å²) < 4.78 is 13.6. The van der Waals surface area contributed by atoms with Gasteiger partial charge in [0.1, 0.15) is 5.82 Å². The molecule has 3 heteroatoms. The van der Waals surface area contributed by atoms with Crippen molar-refractivity contribution in [2.75, 3.05) is 5.32 Å². The Labute approximate surface area is 112 Å². The first-order valence-electron chi connectivity index (χ1n) is 6.35. The van der Waals surface area contributed by atoms with Crippen molar-refractivity contribution in [3.63, 3.8) is 0 Å². The molecule has 1 aromatic rings. The number of halogens is 2. The van der Waals surface area contributed by atoms with E-state index in [0.29, 0.717) is 10.5 Å². The average molecular weight is 302 g/mol. The average Bonchev–Trinajstić information content (AvgIpc) is 2.30. The molecular weight excluding hydrogens is 281 g/mol. The topological polar surface area (TPSA) is 12.0 Å². The fourth-order valence-electron chi connectivity index (χ4n) is 1.82. The van der Waals surface area contributed by atoms with Gasteiger partial charge in [0, 0.05) is 11.7 Å². The molecule has 0 aliphatic rings. The Bertz CT molecular complexity index is 341. The van der Waals surface area contributed by atoms with Gasteiger partial charge in [-0.2, -0.15) is 0 Å². The molecule has 0 aromatic heterocycles. The van der Waals surface area contributed by atoms with E-state index in [9.17, 15) is 4.39 Å². The zero-order chi connectivity index (χ0) is 12.7. The Morgan fingerprint density at radius 1 is 1.29 bits per heavy atom. The highest BCUT2D eigenvalue weighted by atomic mass is 79.9. The molecule has 0 spiro atoms. The van der Waals surface area contributed by atoms with Crippen molar-refractivity contribution in [3.8, 4) is 0 Å². The molecule has 1 atom stereocenters. The van der Waals surface area contributed by atoms with Gasteiger partial charge in [-0.1, -0.05) is 32.6 Å². The summed E-state index contributed by atoms with van der Waals surface area (Å²) in [6.45, 7) is 4.39. The van der Waals surface area contributed by atoms with Gasteiger partial charge in [0.25, 0.3) is 0 Å². The molecule has 1 unspecified atom stereocenters. The molecule has 0 fully saturated rings. The predicted octanol–water partition coefficient (Wildman–Crippen LogP) is 5.36. The van der Waals surface area contributed by atoms with Crippen molar-refractivity contribution < 1.29 is 4.39 Å². The summed E-state index contributed by atoms with van der Waals surface area (Å²) in [6, 6.07) is 5.49. The third kappa shape index (κ3) is 5.53. The van der Waals surface area contributed by atoms with E-state index in [2.05, 4.69) is 35.1 Å². The van der Waals surface area contributed by atoms with Gasteiger partial charge in [0.2, 0.25) is 0 Å². The van der Waals surface area contributed by atoms with Crippen molar-refractivity contribution >= 4 is 21.6 Å². The molecule has 0 aliphatic carbocycles. The molecule has 96 valence electrons. The molecule has 1 rings (SSSR count). The molecule has 17 heavy (non-hydrogen) atoms. The fourth-order valence-corrected chi connectivity index (χ4v) is 2.20. The van der Waals surface area contributed by atoms with Crippen molar-refractivity contribution in [2.45, 2.75) is 52.0 Å². The molecule has 1 N–H and O–H groups in total. The second-order valence-corrected chi connectivity index (χ2v) is 5.38. The van der Waals surface area contributed by atoms with Crippen LogP contribution in [0.5, 0.6) is 0 Å². The standard InChI is InChI=1S/C14H21BrFN/c1-3-4-5-6-7-11(2)17-12-8-9-14(16)13(15)10-12/h8-11,17H,3-7H2,1-2H3. The summed E-state index contributed by atoms with van der Waals surface area (Å²) in [5.41, 5.74) is 0.973. The predicted molar refractivity (Wildman–Crippen MR) is 75.9 cm³/mol. The van der Waals surface area contributed by atoms with E-state index in [-0.39, 0.29) is 5.82 Å². The molecule has 0 aliphatic heterocycles. The van der Waals surface area contributed by atoms with Crippen molar-refractivity contribution in [1.82, 2.24) is 0 Å². The summed E-state index contributed by atoms with van der Waals surface area (Å²) in [7, 11) is 0. The zero-order valence-electron chi connectivity index (χ0n) is 10.6. The molecule has 0 saturated carbocycles. The third-order valence-corrected chi connectivity index (χ3v) is 3.43. The SMILES string of the molecule is CCCCCCC(C)Nc1ccc(F)c(Br)c1. The number of hydrogen-bond acceptors (Lipinski definition) is 1. The van der Waals surface area contributed by atoms with E-state index in [1.807, 2.05) is 0 Å². The monoisotopic (exact) mass is 301 g/mol. The molecular formula is C14H21BrFN. The van der Waals surface area contributed by atoms with E-state index in [1.54, 1.807) is 12.1 Å². The van der Waals surface area contributed by atoms with Crippen LogP contribution >= 0.6 is 15.9 Å². The normalized spacial score (nSPS) is 12.5. The minimum Gasteiger partial charge on any atom is -0.383 e. The van der Waals surface area contributed by atoms with Gasteiger partial charge in [-0.05, 0) is 47.5 Å². The number of anilines is 1. The first-order valence-corrected chi connectivity index (χ1v) is 7.14. The minimum atomic E-state index is -0.217. The number of benzene rings is 1. The highest BCUT2D eigenvalue weighted by Gasteiger charge is 2.04. The maximum Gasteiger partial charge on any atom is 0.137 e. The first kappa shape index (κ1) is 14.5. The Kier molecular flexibility index (Phi) is 6.56. The van der Waals surface area contributed by atoms with Gasteiger partial charge < -0.3 is 5.32 Å². The van der Waals surface area contributed by atoms with Crippen LogP contribution in [0.3, 0.4) is 0 Å². The maximum absolute atomic E-state index is 13.0. The smallest absolute Gasteiger partial charge is 0.137 e. The van der Waals surface area contributed by atoms with Crippen molar-refractivity contribution in [3.05, 3.63) is 28.5 Å². The lowest BCUT2D eigenvalue weighted by molar-refractivity contribution is 0.593. The summed E-state index contributed by atoms with van der Waals surface area (Å²) in [5.74, 6) is -0.217. The molecule has 1 nitrogen and oxygen atoms in total. The zero-order valence-corrected chi connectivity index (χ0v) is 12.2. The summed E-state index contributed by atoms with van der Waals surface area (Å²) >= 11 is 3.19. The summed E-state index contributed by atoms with van der Waals surface area (Å²) in [6.07, 6.45) is 6.30. The Hall–Kier alpha value is -0.570. The molecule has 1 aromatic carbocycles. The minimum absolute atomic E-state index is 0.217. The van der Waals surface area contributed by atoms with E-state index in [4.69, 9.17) is 0 Å². The largest absolute Gasteiger partial charge is 0.383 e. The highest BCUT2D eigenvalue weighted by molar-refractivity contribution is 9.10. The number of nitrogens with one attached hydrogen (secondary N) is 1. The molecule has 0 amide bonds. The van der Waals surface area contributed by atoms with Crippen LogP contribution in [-0.2, 0) is 0 Å². The number of hydrogen-bond donors (Lipinski definition) is 1. The van der Waals surface area contributed by atoms with Crippen LogP contribution in [0.2, 0.25) is 0 Å². The van der Waals surface area contributed by atoms with Gasteiger partial charge in [-0.3, -0.25) is 0 Å². The van der Waals surface area contributed by atoms with Gasteiger partial charge in [-0.15, -0.1) is 0 Å². The second kappa shape index (κ2) is 7.70. The van der Waals surface area contributed by atoms with E-state index in [0.717, 1.165) is 12.1 Å². The van der Waals surface area contributed by atoms with Crippen LogP contribution in [0.1, 0.15) is 46.0 Å². The summed E-state index contributed by atoms with van der Waals surface area (Å²) in [4.78, 5) is 0. The first-order chi connectivity index (χ1) is 8.13. The lowest BCUT2D eigenvalue weighted by Gasteiger charge is -2.15. The van der Waals surface area contributed by atoms with Crippen LogP contribution in [0.4, 0.5) is 10.1 Å². The molecule has 0 radical (unpaired) electrons. The van der Waals surface area contributed by atoms with Crippen LogP contribution in [0.15, 0.2) is 22.7 Å². The van der Waals surface area contributed by atoms with Gasteiger partial charge in [0.05, 0.1) is 4.47 Å². The van der Waals surface area contributed by atoms with Crippen molar-refractivity contribution in [2.24, 2.45) is 0 Å². The lowest BCUT2D eigenvalue weighted by Crippen LogP contribution is -2.14. The van der Waals surface area contributed by atoms with E-state index in [1.165, 1.54) is 31.7 Å². The number of rotatable bonds is 7. The Morgan fingerprint density at radius 2 is 2.06 bits per heavy atom. The van der Waals surface area contributed by atoms with Crippen LogP contribution < -0.4 is 5.32 Å². The van der Waals surface area contributed by atoms with Crippen molar-refractivity contribution in [1.29, 1.82) is 0 Å². The van der Waals surface area contributed by atoms with Crippen LogP contribution in [0.25, 0.3) is 0 Å².